The highest BCUT2D eigenvalue weighted by Gasteiger charge is 2.37. The summed E-state index contributed by atoms with van der Waals surface area (Å²) >= 11 is 1.52. The topological polar surface area (TPSA) is 90.0 Å². The Bertz CT molecular complexity index is 546. The number of amides is 3. The summed E-state index contributed by atoms with van der Waals surface area (Å²) in [4.78, 5) is 38.8. The van der Waals surface area contributed by atoms with E-state index >= 15 is 0 Å². The van der Waals surface area contributed by atoms with Gasteiger partial charge in [0.1, 0.15) is 12.6 Å². The van der Waals surface area contributed by atoms with E-state index in [9.17, 15) is 19.5 Å². The molecule has 2 atom stereocenters. The summed E-state index contributed by atoms with van der Waals surface area (Å²) < 4.78 is 0. The Kier molecular flexibility index (Phi) is 4.46. The van der Waals surface area contributed by atoms with Gasteiger partial charge in [-0.1, -0.05) is 6.07 Å². The van der Waals surface area contributed by atoms with Gasteiger partial charge in [-0.05, 0) is 18.4 Å². The Balaban J connectivity index is 2.16. The van der Waals surface area contributed by atoms with Crippen LogP contribution in [0.2, 0.25) is 0 Å². The maximum atomic E-state index is 12.5. The average Bonchev–Trinajstić information content (AvgIpc) is 2.98. The van der Waals surface area contributed by atoms with Crippen molar-refractivity contribution in [3.05, 3.63) is 22.4 Å². The highest BCUT2D eigenvalue weighted by molar-refractivity contribution is 7.10. The lowest BCUT2D eigenvalue weighted by Gasteiger charge is -2.37. The summed E-state index contributed by atoms with van der Waals surface area (Å²) in [6.07, 6.45) is 0. The molecule has 2 rings (SSSR count). The predicted molar refractivity (Wildman–Crippen MR) is 77.0 cm³/mol. The lowest BCUT2D eigenvalue weighted by molar-refractivity contribution is -0.144. The number of urea groups is 1. The van der Waals surface area contributed by atoms with Crippen molar-refractivity contribution in [1.29, 1.82) is 0 Å². The zero-order valence-corrected chi connectivity index (χ0v) is 12.6. The largest absolute Gasteiger partial charge is 0.480 e. The van der Waals surface area contributed by atoms with Gasteiger partial charge >= 0.3 is 12.0 Å². The molecule has 1 aliphatic heterocycles. The number of carboxylic acids is 1. The molecule has 21 heavy (non-hydrogen) atoms. The molecule has 2 heterocycles. The maximum absolute atomic E-state index is 12.5. The standard InChI is InChI=1S/C13H17N3O4S/c1-8(10-4-3-5-21-10)15(2)13(20)16-7-11(17)14-6-9(16)12(18)19/h3-5,8-9H,6-7H2,1-2H3,(H,14,17)(H,18,19). The summed E-state index contributed by atoms with van der Waals surface area (Å²) in [5.74, 6) is -1.47. The third-order valence-electron chi connectivity index (χ3n) is 3.55. The van der Waals surface area contributed by atoms with E-state index in [0.29, 0.717) is 0 Å². The van der Waals surface area contributed by atoms with Crippen molar-refractivity contribution >= 4 is 29.2 Å². The van der Waals surface area contributed by atoms with Crippen molar-refractivity contribution in [1.82, 2.24) is 15.1 Å². The van der Waals surface area contributed by atoms with Gasteiger partial charge in [0.15, 0.2) is 0 Å². The molecule has 0 aliphatic carbocycles. The molecule has 1 fully saturated rings. The molecule has 114 valence electrons. The van der Waals surface area contributed by atoms with Crippen molar-refractivity contribution in [3.63, 3.8) is 0 Å². The van der Waals surface area contributed by atoms with Gasteiger partial charge in [-0.25, -0.2) is 9.59 Å². The van der Waals surface area contributed by atoms with Crippen molar-refractivity contribution in [2.24, 2.45) is 0 Å². The molecule has 0 aromatic carbocycles. The van der Waals surface area contributed by atoms with Crippen LogP contribution in [0.4, 0.5) is 4.79 Å². The molecule has 1 aromatic heterocycles. The van der Waals surface area contributed by atoms with Crippen LogP contribution in [-0.2, 0) is 9.59 Å². The molecular formula is C13H17N3O4S. The average molecular weight is 311 g/mol. The number of rotatable bonds is 3. The number of hydrogen-bond donors (Lipinski definition) is 2. The Morgan fingerprint density at radius 1 is 1.57 bits per heavy atom. The number of aliphatic carboxylic acids is 1. The Labute approximate surface area is 126 Å². The Morgan fingerprint density at radius 2 is 2.29 bits per heavy atom. The highest BCUT2D eigenvalue weighted by Crippen LogP contribution is 2.24. The minimum Gasteiger partial charge on any atom is -0.480 e. The van der Waals surface area contributed by atoms with Gasteiger partial charge in [-0.15, -0.1) is 11.3 Å². The van der Waals surface area contributed by atoms with Gasteiger partial charge in [0, 0.05) is 18.5 Å². The zero-order chi connectivity index (χ0) is 15.6. The third-order valence-corrected chi connectivity index (χ3v) is 4.59. The Morgan fingerprint density at radius 3 is 2.86 bits per heavy atom. The summed E-state index contributed by atoms with van der Waals surface area (Å²) in [5, 5.41) is 13.6. The SMILES string of the molecule is CC(c1cccs1)N(C)C(=O)N1CC(=O)NCC1C(=O)O. The monoisotopic (exact) mass is 311 g/mol. The van der Waals surface area contributed by atoms with E-state index in [1.807, 2.05) is 24.4 Å². The van der Waals surface area contributed by atoms with Crippen LogP contribution >= 0.6 is 11.3 Å². The van der Waals surface area contributed by atoms with Crippen molar-refractivity contribution in [2.75, 3.05) is 20.1 Å². The van der Waals surface area contributed by atoms with Crippen LogP contribution in [0.15, 0.2) is 17.5 Å². The normalized spacial score (nSPS) is 19.8. The quantitative estimate of drug-likeness (QED) is 0.862. The molecule has 2 N–H and O–H groups in total. The summed E-state index contributed by atoms with van der Waals surface area (Å²) in [6.45, 7) is 1.56. The molecule has 8 heteroatoms. The van der Waals surface area contributed by atoms with Gasteiger partial charge < -0.3 is 15.3 Å². The van der Waals surface area contributed by atoms with E-state index < -0.39 is 18.0 Å². The molecule has 2 unspecified atom stereocenters. The fourth-order valence-corrected chi connectivity index (χ4v) is 2.98. The lowest BCUT2D eigenvalue weighted by Crippen LogP contribution is -2.61. The number of thiophene rings is 1. The summed E-state index contributed by atoms with van der Waals surface area (Å²) in [6, 6.07) is 2.13. The van der Waals surface area contributed by atoms with Crippen LogP contribution in [0.25, 0.3) is 0 Å². The van der Waals surface area contributed by atoms with Gasteiger partial charge in [0.25, 0.3) is 0 Å². The first kappa shape index (κ1) is 15.3. The molecule has 1 saturated heterocycles. The first-order valence-corrected chi connectivity index (χ1v) is 7.36. The van der Waals surface area contributed by atoms with Crippen molar-refractivity contribution in [3.8, 4) is 0 Å². The molecule has 1 aromatic rings. The minimum atomic E-state index is -1.12. The van der Waals surface area contributed by atoms with E-state index in [2.05, 4.69) is 5.32 Å². The van der Waals surface area contributed by atoms with Crippen LogP contribution in [0.3, 0.4) is 0 Å². The van der Waals surface area contributed by atoms with Crippen LogP contribution in [0.5, 0.6) is 0 Å². The molecular weight excluding hydrogens is 294 g/mol. The zero-order valence-electron chi connectivity index (χ0n) is 11.8. The van der Waals surface area contributed by atoms with Crippen LogP contribution < -0.4 is 5.32 Å². The molecule has 0 saturated carbocycles. The van der Waals surface area contributed by atoms with Crippen molar-refractivity contribution in [2.45, 2.75) is 19.0 Å². The number of piperazine rings is 1. The molecule has 3 amide bonds. The van der Waals surface area contributed by atoms with E-state index in [1.54, 1.807) is 7.05 Å². The third kappa shape index (κ3) is 3.15. The smallest absolute Gasteiger partial charge is 0.328 e. The number of carboxylic acid groups (broad SMARTS) is 1. The molecule has 0 spiro atoms. The number of hydrogen-bond acceptors (Lipinski definition) is 4. The molecule has 0 radical (unpaired) electrons. The van der Waals surface area contributed by atoms with Crippen LogP contribution in [0, 0.1) is 0 Å². The number of nitrogens with one attached hydrogen (secondary N) is 1. The van der Waals surface area contributed by atoms with Gasteiger partial charge in [0.05, 0.1) is 6.04 Å². The second-order valence-corrected chi connectivity index (χ2v) is 5.85. The summed E-state index contributed by atoms with van der Waals surface area (Å²) in [7, 11) is 1.61. The van der Waals surface area contributed by atoms with E-state index in [-0.39, 0.29) is 25.0 Å². The van der Waals surface area contributed by atoms with E-state index in [4.69, 9.17) is 0 Å². The van der Waals surface area contributed by atoms with Crippen LogP contribution in [-0.4, -0.2) is 59.0 Å². The van der Waals surface area contributed by atoms with E-state index in [1.165, 1.54) is 16.2 Å². The first-order chi connectivity index (χ1) is 9.91. The number of carbonyl (C=O) groups excluding carboxylic acids is 2. The van der Waals surface area contributed by atoms with E-state index in [0.717, 1.165) is 9.78 Å². The maximum Gasteiger partial charge on any atom is 0.328 e. The number of nitrogens with zero attached hydrogens (tertiary/aromatic N) is 2. The van der Waals surface area contributed by atoms with Gasteiger partial charge in [-0.3, -0.25) is 9.69 Å². The Hall–Kier alpha value is -2.09. The van der Waals surface area contributed by atoms with Crippen LogP contribution in [0.1, 0.15) is 17.8 Å². The van der Waals surface area contributed by atoms with Crippen molar-refractivity contribution < 1.29 is 19.5 Å². The van der Waals surface area contributed by atoms with Gasteiger partial charge in [-0.2, -0.15) is 0 Å². The number of carbonyl (C=O) groups is 3. The van der Waals surface area contributed by atoms with Gasteiger partial charge in [0.2, 0.25) is 5.91 Å². The predicted octanol–water partition coefficient (Wildman–Crippen LogP) is 0.746. The second-order valence-electron chi connectivity index (χ2n) is 4.87. The fraction of sp³-hybridized carbons (Fsp3) is 0.462. The second kappa shape index (κ2) is 6.13. The minimum absolute atomic E-state index is 0.0683. The molecule has 7 nitrogen and oxygen atoms in total. The summed E-state index contributed by atoms with van der Waals surface area (Å²) in [5.41, 5.74) is 0. The lowest BCUT2D eigenvalue weighted by atomic mass is 10.2. The highest BCUT2D eigenvalue weighted by atomic mass is 32.1. The molecule has 1 aliphatic rings. The fourth-order valence-electron chi connectivity index (χ4n) is 2.15. The molecule has 0 bridgehead atoms. The first-order valence-electron chi connectivity index (χ1n) is 6.48.